The van der Waals surface area contributed by atoms with E-state index in [9.17, 15) is 43.2 Å². The second-order valence-electron chi connectivity index (χ2n) is 28.0. The standard InChI is InChI=1S/C75H146O17P2/c1-7-9-11-13-15-17-19-20-23-27-34-40-46-52-58-73(78)86-64-70(91-74(79)59-53-47-41-35-28-24-21-22-26-31-37-43-49-55-67(3)4)65-89-93(81,82)87-61-69(76)62-88-94(83,84)90-66-71(63-85-72(77)57-51-45-39-33-25-18-16-14-12-10-8-2)92-75(80)60-54-48-42-36-30-29-32-38-44-50-56-68(5)6/h67-71,76H,7-66H2,1-6H3,(H,81,82)(H,83,84)/t69-,70-,71-/m1/s1. The van der Waals surface area contributed by atoms with Crippen LogP contribution in [0.5, 0.6) is 0 Å². The Hall–Kier alpha value is -1.94. The van der Waals surface area contributed by atoms with E-state index in [1.165, 1.54) is 205 Å². The summed E-state index contributed by atoms with van der Waals surface area (Å²) in [6.45, 7) is 9.60. The number of phosphoric acid groups is 2. The largest absolute Gasteiger partial charge is 0.472 e. The maximum Gasteiger partial charge on any atom is 0.472 e. The molecule has 558 valence electrons. The SMILES string of the molecule is CCCCCCCCCCCCCCCCC(=O)OC[C@H](COP(=O)(O)OC[C@@H](O)COP(=O)(O)OC[C@@H](COC(=O)CCCCCCCCCCCCC)OC(=O)CCCCCCCCCCCCC(C)C)OC(=O)CCCCCCCCCCCCCCCC(C)C. The summed E-state index contributed by atoms with van der Waals surface area (Å²) >= 11 is 0. The van der Waals surface area contributed by atoms with Crippen LogP contribution in [0.25, 0.3) is 0 Å². The van der Waals surface area contributed by atoms with Gasteiger partial charge in [-0.1, -0.05) is 337 Å². The molecule has 0 bridgehead atoms. The van der Waals surface area contributed by atoms with Crippen molar-refractivity contribution < 1.29 is 80.2 Å². The summed E-state index contributed by atoms with van der Waals surface area (Å²) in [6, 6.07) is 0. The van der Waals surface area contributed by atoms with E-state index < -0.39 is 97.5 Å². The molecule has 94 heavy (non-hydrogen) atoms. The van der Waals surface area contributed by atoms with Crippen molar-refractivity contribution in [3.63, 3.8) is 0 Å². The third-order valence-corrected chi connectivity index (χ3v) is 19.4. The van der Waals surface area contributed by atoms with Crippen molar-refractivity contribution in [2.75, 3.05) is 39.6 Å². The number of aliphatic hydroxyl groups is 1. The number of esters is 4. The van der Waals surface area contributed by atoms with E-state index in [1.54, 1.807) is 0 Å². The van der Waals surface area contributed by atoms with Gasteiger partial charge in [-0.15, -0.1) is 0 Å². The third-order valence-electron chi connectivity index (χ3n) is 17.5. The van der Waals surface area contributed by atoms with Gasteiger partial charge in [0, 0.05) is 25.7 Å². The van der Waals surface area contributed by atoms with E-state index in [1.807, 2.05) is 0 Å². The number of carbonyl (C=O) groups excluding carboxylic acids is 4. The van der Waals surface area contributed by atoms with Crippen LogP contribution in [-0.4, -0.2) is 96.7 Å². The van der Waals surface area contributed by atoms with Crippen LogP contribution in [0.3, 0.4) is 0 Å². The average molecular weight is 1380 g/mol. The molecule has 19 heteroatoms. The Morgan fingerprint density at radius 1 is 0.287 bits per heavy atom. The predicted octanol–water partition coefficient (Wildman–Crippen LogP) is 21.9. The monoisotopic (exact) mass is 1380 g/mol. The van der Waals surface area contributed by atoms with Crippen LogP contribution >= 0.6 is 15.6 Å². The van der Waals surface area contributed by atoms with Gasteiger partial charge in [-0.3, -0.25) is 37.3 Å². The molecule has 0 heterocycles. The molecule has 0 fully saturated rings. The van der Waals surface area contributed by atoms with E-state index in [0.29, 0.717) is 25.7 Å². The van der Waals surface area contributed by atoms with Gasteiger partial charge in [0.2, 0.25) is 0 Å². The van der Waals surface area contributed by atoms with E-state index in [0.717, 1.165) is 102 Å². The lowest BCUT2D eigenvalue weighted by Gasteiger charge is -2.21. The highest BCUT2D eigenvalue weighted by atomic mass is 31.2. The van der Waals surface area contributed by atoms with Gasteiger partial charge in [0.25, 0.3) is 0 Å². The summed E-state index contributed by atoms with van der Waals surface area (Å²) in [6.07, 6.45) is 53.9. The lowest BCUT2D eigenvalue weighted by molar-refractivity contribution is -0.161. The normalized spacial score (nSPS) is 14.0. The van der Waals surface area contributed by atoms with E-state index in [-0.39, 0.29) is 25.7 Å². The zero-order chi connectivity index (χ0) is 69.3. The fraction of sp³-hybridized carbons (Fsp3) is 0.947. The molecule has 0 aliphatic carbocycles. The Balaban J connectivity index is 5.26. The molecule has 3 N–H and O–H groups in total. The maximum atomic E-state index is 13.1. The third kappa shape index (κ3) is 68.6. The minimum atomic E-state index is -4.96. The van der Waals surface area contributed by atoms with Gasteiger partial charge < -0.3 is 33.8 Å². The number of ether oxygens (including phenoxy) is 4. The molecule has 0 aliphatic heterocycles. The summed E-state index contributed by atoms with van der Waals surface area (Å²) < 4.78 is 68.5. The summed E-state index contributed by atoms with van der Waals surface area (Å²) in [7, 11) is -9.91. The lowest BCUT2D eigenvalue weighted by Crippen LogP contribution is -2.30. The minimum absolute atomic E-state index is 0.106. The highest BCUT2D eigenvalue weighted by molar-refractivity contribution is 7.47. The lowest BCUT2D eigenvalue weighted by atomic mass is 10.0. The molecular formula is C75H146O17P2. The first-order chi connectivity index (χ1) is 45.4. The predicted molar refractivity (Wildman–Crippen MR) is 381 cm³/mol. The van der Waals surface area contributed by atoms with Crippen molar-refractivity contribution >= 4 is 39.5 Å². The van der Waals surface area contributed by atoms with Crippen molar-refractivity contribution in [1.82, 2.24) is 0 Å². The van der Waals surface area contributed by atoms with Crippen molar-refractivity contribution in [3.05, 3.63) is 0 Å². The van der Waals surface area contributed by atoms with Crippen molar-refractivity contribution in [2.24, 2.45) is 11.8 Å². The van der Waals surface area contributed by atoms with Gasteiger partial charge in [0.15, 0.2) is 12.2 Å². The van der Waals surface area contributed by atoms with Gasteiger partial charge in [-0.2, -0.15) is 0 Å². The smallest absolute Gasteiger partial charge is 0.462 e. The Morgan fingerprint density at radius 2 is 0.489 bits per heavy atom. The Morgan fingerprint density at radius 3 is 0.723 bits per heavy atom. The molecule has 0 aromatic rings. The number of hydrogen-bond donors (Lipinski definition) is 3. The van der Waals surface area contributed by atoms with Crippen LogP contribution < -0.4 is 0 Å². The number of rotatable bonds is 74. The number of phosphoric ester groups is 2. The van der Waals surface area contributed by atoms with Crippen molar-refractivity contribution in [2.45, 2.75) is 407 Å². The van der Waals surface area contributed by atoms with Gasteiger partial charge >= 0.3 is 39.5 Å². The van der Waals surface area contributed by atoms with Crippen LogP contribution in [0.4, 0.5) is 0 Å². The fourth-order valence-corrected chi connectivity index (χ4v) is 13.1. The fourth-order valence-electron chi connectivity index (χ4n) is 11.5. The minimum Gasteiger partial charge on any atom is -0.462 e. The highest BCUT2D eigenvalue weighted by Gasteiger charge is 2.30. The molecule has 0 radical (unpaired) electrons. The van der Waals surface area contributed by atoms with Gasteiger partial charge in [0.1, 0.15) is 19.3 Å². The van der Waals surface area contributed by atoms with Crippen LogP contribution in [0.2, 0.25) is 0 Å². The van der Waals surface area contributed by atoms with Crippen LogP contribution in [0.1, 0.15) is 388 Å². The second-order valence-corrected chi connectivity index (χ2v) is 30.9. The number of hydrogen-bond acceptors (Lipinski definition) is 15. The first-order valence-electron chi connectivity index (χ1n) is 39.0. The quantitative estimate of drug-likeness (QED) is 0.0222. The number of unbranched alkanes of at least 4 members (excludes halogenated alkanes) is 44. The summed E-state index contributed by atoms with van der Waals surface area (Å²) in [5.41, 5.74) is 0. The van der Waals surface area contributed by atoms with E-state index in [4.69, 9.17) is 37.0 Å². The Kier molecular flexibility index (Phi) is 65.5. The molecule has 0 aromatic heterocycles. The molecule has 0 saturated carbocycles. The van der Waals surface area contributed by atoms with E-state index >= 15 is 0 Å². The van der Waals surface area contributed by atoms with E-state index in [2.05, 4.69) is 41.5 Å². The molecule has 2 unspecified atom stereocenters. The first-order valence-corrected chi connectivity index (χ1v) is 42.0. The molecule has 0 saturated heterocycles. The zero-order valence-corrected chi connectivity index (χ0v) is 63.1. The zero-order valence-electron chi connectivity index (χ0n) is 61.3. The molecule has 0 aromatic carbocycles. The summed E-state index contributed by atoms with van der Waals surface area (Å²) in [5.74, 6) is -0.576. The summed E-state index contributed by atoms with van der Waals surface area (Å²) in [4.78, 5) is 72.8. The molecule has 0 amide bonds. The Bertz CT molecular complexity index is 1820. The molecule has 5 atom stereocenters. The second kappa shape index (κ2) is 66.9. The molecule has 0 aliphatic rings. The summed E-state index contributed by atoms with van der Waals surface area (Å²) in [5, 5.41) is 10.6. The van der Waals surface area contributed by atoms with Crippen molar-refractivity contribution in [1.29, 1.82) is 0 Å². The van der Waals surface area contributed by atoms with Crippen LogP contribution in [0.15, 0.2) is 0 Å². The Labute approximate surface area is 575 Å². The van der Waals surface area contributed by atoms with Crippen LogP contribution in [0, 0.1) is 11.8 Å². The maximum absolute atomic E-state index is 13.1. The van der Waals surface area contributed by atoms with Gasteiger partial charge in [0.05, 0.1) is 26.4 Å². The molecule has 0 spiro atoms. The van der Waals surface area contributed by atoms with Gasteiger partial charge in [-0.05, 0) is 37.5 Å². The average Bonchev–Trinajstić information content (AvgIpc) is 3.60. The molecule has 0 rings (SSSR count). The van der Waals surface area contributed by atoms with Gasteiger partial charge in [-0.25, -0.2) is 9.13 Å². The molecular weight excluding hydrogens is 1230 g/mol. The molecule has 17 nitrogen and oxygen atoms in total. The highest BCUT2D eigenvalue weighted by Crippen LogP contribution is 2.45. The van der Waals surface area contributed by atoms with Crippen molar-refractivity contribution in [3.8, 4) is 0 Å². The number of aliphatic hydroxyl groups excluding tert-OH is 1. The first kappa shape index (κ1) is 92.1. The van der Waals surface area contributed by atoms with Crippen LogP contribution in [-0.2, 0) is 65.4 Å². The topological polar surface area (TPSA) is 237 Å². The number of carbonyl (C=O) groups is 4.